The molecule has 1 aliphatic heterocycles. The van der Waals surface area contributed by atoms with Gasteiger partial charge < -0.3 is 4.98 Å². The van der Waals surface area contributed by atoms with Crippen molar-refractivity contribution in [2.24, 2.45) is 0 Å². The molecule has 0 aliphatic carbocycles. The highest BCUT2D eigenvalue weighted by molar-refractivity contribution is 7.88. The number of aromatic amines is 1. The molecule has 0 unspecified atom stereocenters. The topological polar surface area (TPSA) is 96.0 Å². The summed E-state index contributed by atoms with van der Waals surface area (Å²) in [5.74, 6) is 0.422. The number of nitrogens with zero attached hydrogens (tertiary/aromatic N) is 3. The maximum absolute atomic E-state index is 12.9. The largest absolute Gasteiger partial charge is 0.355 e. The molecule has 0 bridgehead atoms. The molecule has 0 fully saturated rings. The summed E-state index contributed by atoms with van der Waals surface area (Å²) in [5, 5.41) is 0. The van der Waals surface area contributed by atoms with Crippen LogP contribution in [0.15, 0.2) is 42.6 Å². The first-order chi connectivity index (χ1) is 13.3. The Hall–Kier alpha value is -2.84. The molecule has 144 valence electrons. The zero-order valence-corrected chi connectivity index (χ0v) is 16.5. The van der Waals surface area contributed by atoms with E-state index >= 15 is 0 Å². The second kappa shape index (κ2) is 6.96. The van der Waals surface area contributed by atoms with Crippen molar-refractivity contribution in [2.45, 2.75) is 19.9 Å². The van der Waals surface area contributed by atoms with Gasteiger partial charge in [-0.1, -0.05) is 30.3 Å². The quantitative estimate of drug-likeness (QED) is 0.730. The third-order valence-corrected chi connectivity index (χ3v) is 6.04. The van der Waals surface area contributed by atoms with Gasteiger partial charge in [0.1, 0.15) is 5.82 Å². The summed E-state index contributed by atoms with van der Waals surface area (Å²) in [7, 11) is -3.47. The molecule has 3 heterocycles. The van der Waals surface area contributed by atoms with E-state index in [9.17, 15) is 13.2 Å². The molecular formula is C20H20N4O3S. The number of sulfonamides is 1. The Morgan fingerprint density at radius 3 is 2.57 bits per heavy atom. The second-order valence-electron chi connectivity index (χ2n) is 6.94. The molecule has 0 atom stereocenters. The van der Waals surface area contributed by atoms with E-state index in [1.807, 2.05) is 30.3 Å². The number of hydrogen-bond acceptors (Lipinski definition) is 5. The van der Waals surface area contributed by atoms with Crippen LogP contribution in [0.1, 0.15) is 33.0 Å². The highest BCUT2D eigenvalue weighted by atomic mass is 32.2. The number of Topliss-reactive ketones (excluding diaryl/α,β-unsaturated/α-hetero) is 1. The molecule has 0 saturated heterocycles. The normalized spacial score (nSPS) is 14.9. The van der Waals surface area contributed by atoms with Crippen molar-refractivity contribution in [3.63, 3.8) is 0 Å². The van der Waals surface area contributed by atoms with Crippen molar-refractivity contribution in [3.8, 4) is 11.4 Å². The number of fused-ring (bicyclic) bond motifs is 1. The van der Waals surface area contributed by atoms with E-state index in [1.54, 1.807) is 19.2 Å². The van der Waals surface area contributed by atoms with E-state index in [4.69, 9.17) is 0 Å². The first-order valence-corrected chi connectivity index (χ1v) is 10.7. The SMILES string of the molecule is Cc1nccc(-c2[nH]c3c(c2Cc2ccccc2)C(=O)CN(S(C)(=O)=O)C3)n1. The van der Waals surface area contributed by atoms with Crippen LogP contribution in [-0.2, 0) is 23.0 Å². The van der Waals surface area contributed by atoms with Gasteiger partial charge in [-0.25, -0.2) is 18.4 Å². The molecule has 1 aliphatic rings. The Morgan fingerprint density at radius 2 is 1.89 bits per heavy atom. The standard InChI is InChI=1S/C20H20N4O3S/c1-13-21-9-8-16(22-13)20-15(10-14-6-4-3-5-7-14)19-17(23-20)11-24(12-18(19)25)28(2,26)27/h3-9,23H,10-12H2,1-2H3. The predicted molar refractivity (Wildman–Crippen MR) is 105 cm³/mol. The fourth-order valence-corrected chi connectivity index (χ4v) is 4.26. The van der Waals surface area contributed by atoms with Crippen LogP contribution in [0.4, 0.5) is 0 Å². The number of benzene rings is 1. The molecule has 3 aromatic rings. The number of H-pyrrole nitrogens is 1. The fourth-order valence-electron chi connectivity index (χ4n) is 3.55. The second-order valence-corrected chi connectivity index (χ2v) is 8.92. The van der Waals surface area contributed by atoms with Gasteiger partial charge in [0.25, 0.3) is 0 Å². The maximum Gasteiger partial charge on any atom is 0.211 e. The summed E-state index contributed by atoms with van der Waals surface area (Å²) in [5.41, 5.74) is 4.52. The van der Waals surface area contributed by atoms with Gasteiger partial charge >= 0.3 is 0 Å². The average Bonchev–Trinajstić information content (AvgIpc) is 3.01. The third-order valence-electron chi connectivity index (χ3n) is 4.84. The average molecular weight is 396 g/mol. The summed E-state index contributed by atoms with van der Waals surface area (Å²) in [6.45, 7) is 1.80. The molecule has 1 aromatic carbocycles. The van der Waals surface area contributed by atoms with E-state index in [0.29, 0.717) is 29.2 Å². The first kappa shape index (κ1) is 18.5. The molecule has 0 amide bonds. The van der Waals surface area contributed by atoms with Gasteiger partial charge in [-0.2, -0.15) is 4.31 Å². The Morgan fingerprint density at radius 1 is 1.14 bits per heavy atom. The van der Waals surface area contributed by atoms with Crippen LogP contribution >= 0.6 is 0 Å². The van der Waals surface area contributed by atoms with Crippen molar-refractivity contribution in [2.75, 3.05) is 12.8 Å². The van der Waals surface area contributed by atoms with Crippen molar-refractivity contribution >= 4 is 15.8 Å². The lowest BCUT2D eigenvalue weighted by Gasteiger charge is -2.24. The molecule has 0 radical (unpaired) electrons. The number of hydrogen-bond donors (Lipinski definition) is 1. The van der Waals surface area contributed by atoms with Crippen LogP contribution in [-0.4, -0.2) is 46.3 Å². The molecule has 4 rings (SSSR count). The number of ketones is 1. The predicted octanol–water partition coefficient (Wildman–Crippen LogP) is 2.33. The molecule has 0 saturated carbocycles. The summed E-state index contributed by atoms with van der Waals surface area (Å²) in [6, 6.07) is 11.7. The number of carbonyl (C=O) groups is 1. The lowest BCUT2D eigenvalue weighted by atomic mass is 9.95. The van der Waals surface area contributed by atoms with E-state index in [-0.39, 0.29) is 18.9 Å². The fraction of sp³-hybridized carbons (Fsp3) is 0.250. The lowest BCUT2D eigenvalue weighted by Crippen LogP contribution is -2.38. The van der Waals surface area contributed by atoms with Gasteiger partial charge in [-0.15, -0.1) is 0 Å². The van der Waals surface area contributed by atoms with E-state index in [2.05, 4.69) is 15.0 Å². The zero-order chi connectivity index (χ0) is 19.9. The van der Waals surface area contributed by atoms with Gasteiger partial charge in [0.2, 0.25) is 10.0 Å². The number of rotatable bonds is 4. The Labute approximate surface area is 163 Å². The summed E-state index contributed by atoms with van der Waals surface area (Å²) in [6.07, 6.45) is 3.35. The van der Waals surface area contributed by atoms with Crippen molar-refractivity contribution in [3.05, 3.63) is 70.8 Å². The molecule has 0 spiro atoms. The van der Waals surface area contributed by atoms with E-state index < -0.39 is 10.0 Å². The summed E-state index contributed by atoms with van der Waals surface area (Å²) in [4.78, 5) is 24.8. The minimum atomic E-state index is -3.47. The lowest BCUT2D eigenvalue weighted by molar-refractivity contribution is 0.0949. The van der Waals surface area contributed by atoms with Gasteiger partial charge in [-0.3, -0.25) is 4.79 Å². The molecule has 1 N–H and O–H groups in total. The van der Waals surface area contributed by atoms with Crippen LogP contribution in [0.5, 0.6) is 0 Å². The molecule has 7 nitrogen and oxygen atoms in total. The molecular weight excluding hydrogens is 376 g/mol. The van der Waals surface area contributed by atoms with Crippen LogP contribution < -0.4 is 0 Å². The van der Waals surface area contributed by atoms with Gasteiger partial charge in [0.05, 0.1) is 30.7 Å². The molecule has 8 heteroatoms. The van der Waals surface area contributed by atoms with Gasteiger partial charge in [-0.05, 0) is 24.1 Å². The van der Waals surface area contributed by atoms with Crippen LogP contribution in [0.3, 0.4) is 0 Å². The molecule has 2 aromatic heterocycles. The Kier molecular flexibility index (Phi) is 4.60. The Bertz CT molecular complexity index is 1150. The van der Waals surface area contributed by atoms with Crippen LogP contribution in [0.25, 0.3) is 11.4 Å². The van der Waals surface area contributed by atoms with E-state index in [0.717, 1.165) is 23.1 Å². The smallest absolute Gasteiger partial charge is 0.211 e. The minimum Gasteiger partial charge on any atom is -0.355 e. The number of aryl methyl sites for hydroxylation is 1. The minimum absolute atomic E-state index is 0.145. The van der Waals surface area contributed by atoms with Gasteiger partial charge in [0.15, 0.2) is 5.78 Å². The monoisotopic (exact) mass is 396 g/mol. The Balaban J connectivity index is 1.88. The van der Waals surface area contributed by atoms with Crippen molar-refractivity contribution < 1.29 is 13.2 Å². The van der Waals surface area contributed by atoms with E-state index in [1.165, 1.54) is 4.31 Å². The molecule has 28 heavy (non-hydrogen) atoms. The summed E-state index contributed by atoms with van der Waals surface area (Å²) >= 11 is 0. The third kappa shape index (κ3) is 3.48. The maximum atomic E-state index is 12.9. The highest BCUT2D eigenvalue weighted by Gasteiger charge is 2.34. The highest BCUT2D eigenvalue weighted by Crippen LogP contribution is 2.33. The van der Waals surface area contributed by atoms with Crippen molar-refractivity contribution in [1.29, 1.82) is 0 Å². The summed E-state index contributed by atoms with van der Waals surface area (Å²) < 4.78 is 25.1. The number of nitrogens with one attached hydrogen (secondary N) is 1. The van der Waals surface area contributed by atoms with Crippen LogP contribution in [0.2, 0.25) is 0 Å². The first-order valence-electron chi connectivity index (χ1n) is 8.89. The number of carbonyl (C=O) groups excluding carboxylic acids is 1. The van der Waals surface area contributed by atoms with Crippen molar-refractivity contribution in [1.82, 2.24) is 19.3 Å². The van der Waals surface area contributed by atoms with Gasteiger partial charge in [0, 0.05) is 23.9 Å². The zero-order valence-electron chi connectivity index (χ0n) is 15.6. The number of aromatic nitrogens is 3. The van der Waals surface area contributed by atoms with Crippen LogP contribution in [0, 0.1) is 6.92 Å².